The minimum Gasteiger partial charge on any atom is -0.320 e. The number of hydrogen-bond acceptors (Lipinski definition) is 2. The maximum atomic E-state index is 13.0. The van der Waals surface area contributed by atoms with E-state index < -0.39 is 0 Å². The molecule has 0 bridgehead atoms. The number of benzene rings is 1. The van der Waals surface area contributed by atoms with Crippen LogP contribution in [0.1, 0.15) is 32.5 Å². The summed E-state index contributed by atoms with van der Waals surface area (Å²) in [5.74, 6) is -0.211. The molecule has 17 heavy (non-hydrogen) atoms. The van der Waals surface area contributed by atoms with Gasteiger partial charge in [-0.15, -0.1) is 11.3 Å². The summed E-state index contributed by atoms with van der Waals surface area (Å²) in [5, 5.41) is 0. The summed E-state index contributed by atoms with van der Waals surface area (Å²) >= 11 is 1.71. The Morgan fingerprint density at radius 3 is 2.35 bits per heavy atom. The fourth-order valence-electron chi connectivity index (χ4n) is 1.90. The molecule has 2 rings (SSSR count). The highest BCUT2D eigenvalue weighted by atomic mass is 32.1. The Morgan fingerprint density at radius 2 is 1.82 bits per heavy atom. The molecule has 0 fully saturated rings. The van der Waals surface area contributed by atoms with Crippen LogP contribution >= 0.6 is 11.3 Å². The fourth-order valence-corrected chi connectivity index (χ4v) is 2.96. The van der Waals surface area contributed by atoms with Gasteiger partial charge in [0.05, 0.1) is 6.04 Å². The Bertz CT molecular complexity index is 526. The first-order chi connectivity index (χ1) is 7.99. The van der Waals surface area contributed by atoms with Crippen LogP contribution in [0.4, 0.5) is 4.39 Å². The molecule has 2 aromatic rings. The maximum Gasteiger partial charge on any atom is 0.123 e. The molecule has 3 heteroatoms. The lowest BCUT2D eigenvalue weighted by molar-refractivity contribution is 0.625. The molecular formula is C14H16FNS. The molecule has 0 saturated carbocycles. The number of aryl methyl sites for hydroxylation is 3. The average molecular weight is 249 g/mol. The highest BCUT2D eigenvalue weighted by Crippen LogP contribution is 2.30. The first-order valence-electron chi connectivity index (χ1n) is 5.57. The van der Waals surface area contributed by atoms with E-state index in [1.165, 1.54) is 22.6 Å². The predicted octanol–water partition coefficient (Wildman–Crippen LogP) is 3.86. The summed E-state index contributed by atoms with van der Waals surface area (Å²) in [5.41, 5.74) is 9.40. The van der Waals surface area contributed by atoms with Crippen molar-refractivity contribution < 1.29 is 4.39 Å². The van der Waals surface area contributed by atoms with Crippen molar-refractivity contribution in [3.05, 3.63) is 56.5 Å². The second kappa shape index (κ2) is 4.59. The van der Waals surface area contributed by atoms with Gasteiger partial charge in [0, 0.05) is 9.75 Å². The van der Waals surface area contributed by atoms with Gasteiger partial charge in [-0.05, 0) is 55.7 Å². The van der Waals surface area contributed by atoms with E-state index in [0.717, 1.165) is 16.0 Å². The smallest absolute Gasteiger partial charge is 0.123 e. The number of nitrogens with two attached hydrogens (primary N) is 1. The summed E-state index contributed by atoms with van der Waals surface area (Å²) in [6.45, 7) is 6.07. The van der Waals surface area contributed by atoms with Gasteiger partial charge in [-0.25, -0.2) is 4.39 Å². The van der Waals surface area contributed by atoms with E-state index in [-0.39, 0.29) is 11.9 Å². The maximum absolute atomic E-state index is 13.0. The summed E-state index contributed by atoms with van der Waals surface area (Å²) in [6, 6.07) is 6.73. The monoisotopic (exact) mass is 249 g/mol. The van der Waals surface area contributed by atoms with Crippen LogP contribution in [0.15, 0.2) is 24.3 Å². The topological polar surface area (TPSA) is 26.0 Å². The van der Waals surface area contributed by atoms with Gasteiger partial charge in [0.25, 0.3) is 0 Å². The molecule has 2 N–H and O–H groups in total. The minimum atomic E-state index is -0.211. The SMILES string of the molecule is Cc1cc(F)ccc1C(N)c1cc(C)c(C)s1. The molecule has 0 spiro atoms. The van der Waals surface area contributed by atoms with Crippen molar-refractivity contribution in [3.63, 3.8) is 0 Å². The fraction of sp³-hybridized carbons (Fsp3) is 0.286. The molecule has 0 saturated heterocycles. The van der Waals surface area contributed by atoms with Crippen molar-refractivity contribution in [2.45, 2.75) is 26.8 Å². The predicted molar refractivity (Wildman–Crippen MR) is 71.0 cm³/mol. The zero-order chi connectivity index (χ0) is 12.6. The highest BCUT2D eigenvalue weighted by molar-refractivity contribution is 7.12. The third kappa shape index (κ3) is 2.40. The number of thiophene rings is 1. The Kier molecular flexibility index (Phi) is 3.31. The van der Waals surface area contributed by atoms with Crippen molar-refractivity contribution in [2.24, 2.45) is 5.73 Å². The van der Waals surface area contributed by atoms with Gasteiger partial charge in [0.2, 0.25) is 0 Å². The standard InChI is InChI=1S/C14H16FNS/c1-8-7-13(17-10(8)3)14(16)12-5-4-11(15)6-9(12)2/h4-7,14H,16H2,1-3H3. The molecule has 1 nitrogen and oxygen atoms in total. The number of halogens is 1. The van der Waals surface area contributed by atoms with E-state index in [2.05, 4.69) is 19.9 Å². The molecule has 1 aromatic heterocycles. The van der Waals surface area contributed by atoms with E-state index in [0.29, 0.717) is 0 Å². The van der Waals surface area contributed by atoms with Gasteiger partial charge in [0.1, 0.15) is 5.82 Å². The molecule has 1 unspecified atom stereocenters. The second-order valence-electron chi connectivity index (χ2n) is 4.37. The molecule has 0 aliphatic rings. The first-order valence-corrected chi connectivity index (χ1v) is 6.39. The van der Waals surface area contributed by atoms with Crippen LogP contribution in [-0.2, 0) is 0 Å². The van der Waals surface area contributed by atoms with E-state index in [1.807, 2.05) is 6.92 Å². The Labute approximate surface area is 105 Å². The van der Waals surface area contributed by atoms with Crippen LogP contribution in [0, 0.1) is 26.6 Å². The van der Waals surface area contributed by atoms with E-state index in [9.17, 15) is 4.39 Å². The lowest BCUT2D eigenvalue weighted by atomic mass is 10.0. The average Bonchev–Trinajstić information content (AvgIpc) is 2.58. The zero-order valence-electron chi connectivity index (χ0n) is 10.3. The first kappa shape index (κ1) is 12.3. The van der Waals surface area contributed by atoms with E-state index >= 15 is 0 Å². The Balaban J connectivity index is 2.39. The van der Waals surface area contributed by atoms with Crippen LogP contribution in [0.25, 0.3) is 0 Å². The van der Waals surface area contributed by atoms with Crippen LogP contribution in [0.3, 0.4) is 0 Å². The number of hydrogen-bond donors (Lipinski definition) is 1. The van der Waals surface area contributed by atoms with Gasteiger partial charge in [-0.1, -0.05) is 6.07 Å². The molecular weight excluding hydrogens is 233 g/mol. The van der Waals surface area contributed by atoms with E-state index in [1.54, 1.807) is 17.4 Å². The van der Waals surface area contributed by atoms with E-state index in [4.69, 9.17) is 5.73 Å². The Hall–Kier alpha value is -1.19. The van der Waals surface area contributed by atoms with Gasteiger partial charge in [0.15, 0.2) is 0 Å². The van der Waals surface area contributed by atoms with Gasteiger partial charge in [-0.3, -0.25) is 0 Å². The second-order valence-corrected chi connectivity index (χ2v) is 5.65. The molecule has 0 radical (unpaired) electrons. The lowest BCUT2D eigenvalue weighted by Gasteiger charge is -2.13. The van der Waals surface area contributed by atoms with Gasteiger partial charge in [-0.2, -0.15) is 0 Å². The minimum absolute atomic E-state index is 0.159. The lowest BCUT2D eigenvalue weighted by Crippen LogP contribution is -2.11. The van der Waals surface area contributed by atoms with Crippen molar-refractivity contribution in [3.8, 4) is 0 Å². The largest absolute Gasteiger partial charge is 0.320 e. The van der Waals surface area contributed by atoms with Crippen molar-refractivity contribution >= 4 is 11.3 Å². The molecule has 0 aliphatic heterocycles. The zero-order valence-corrected chi connectivity index (χ0v) is 11.1. The summed E-state index contributed by atoms with van der Waals surface area (Å²) in [4.78, 5) is 2.42. The highest BCUT2D eigenvalue weighted by Gasteiger charge is 2.14. The van der Waals surface area contributed by atoms with Crippen molar-refractivity contribution in [1.29, 1.82) is 0 Å². The quantitative estimate of drug-likeness (QED) is 0.859. The third-order valence-electron chi connectivity index (χ3n) is 3.06. The van der Waals surface area contributed by atoms with Crippen molar-refractivity contribution in [1.82, 2.24) is 0 Å². The molecule has 0 aliphatic carbocycles. The number of rotatable bonds is 2. The van der Waals surface area contributed by atoms with Crippen LogP contribution in [-0.4, -0.2) is 0 Å². The summed E-state index contributed by atoms with van der Waals surface area (Å²) in [7, 11) is 0. The normalized spacial score (nSPS) is 12.8. The third-order valence-corrected chi connectivity index (χ3v) is 4.29. The van der Waals surface area contributed by atoms with Crippen LogP contribution < -0.4 is 5.73 Å². The molecule has 1 heterocycles. The Morgan fingerprint density at radius 1 is 1.12 bits per heavy atom. The van der Waals surface area contributed by atoms with Crippen LogP contribution in [0.5, 0.6) is 0 Å². The van der Waals surface area contributed by atoms with Crippen molar-refractivity contribution in [2.75, 3.05) is 0 Å². The molecule has 90 valence electrons. The molecule has 1 aromatic carbocycles. The van der Waals surface area contributed by atoms with Crippen LogP contribution in [0.2, 0.25) is 0 Å². The molecule has 0 amide bonds. The summed E-state index contributed by atoms with van der Waals surface area (Å²) < 4.78 is 13.0. The molecule has 1 atom stereocenters. The summed E-state index contributed by atoms with van der Waals surface area (Å²) in [6.07, 6.45) is 0. The van der Waals surface area contributed by atoms with Gasteiger partial charge < -0.3 is 5.73 Å². The van der Waals surface area contributed by atoms with Gasteiger partial charge >= 0.3 is 0 Å².